The van der Waals surface area contributed by atoms with E-state index in [-0.39, 0.29) is 38.2 Å². The van der Waals surface area contributed by atoms with Gasteiger partial charge in [0.05, 0.1) is 21.3 Å². The molecule has 0 bridgehead atoms. The van der Waals surface area contributed by atoms with E-state index in [1.54, 1.807) is 84.9 Å². The van der Waals surface area contributed by atoms with Gasteiger partial charge in [-0.1, -0.05) is 83.9 Å². The van der Waals surface area contributed by atoms with Crippen molar-refractivity contribution in [3.63, 3.8) is 0 Å². The summed E-state index contributed by atoms with van der Waals surface area (Å²) in [6.07, 6.45) is -3.52. The molecule has 0 aliphatic carbocycles. The first-order valence-electron chi connectivity index (χ1n) is 14.7. The predicted molar refractivity (Wildman–Crippen MR) is 188 cm³/mol. The molecule has 0 saturated heterocycles. The summed E-state index contributed by atoms with van der Waals surface area (Å²) in [5.41, 5.74) is -0.550. The molecule has 1 atom stereocenters. The number of rotatable bonds is 10. The Morgan fingerprint density at radius 2 is 1.42 bits per heavy atom. The molecule has 0 aliphatic rings. The molecule has 13 heteroatoms. The SMILES string of the molecule is O=C(Nc1cccc(SC(C(=O)Nc2cc(C(F)(F)F)ccc2Cl)c2ccccc2)c1)/C(=C\c1c(F)cccc1Cl)NC(=O)c1ccccc1. The Labute approximate surface area is 298 Å². The Bertz CT molecular complexity index is 2040. The van der Waals surface area contributed by atoms with Gasteiger partial charge in [-0.25, -0.2) is 4.39 Å². The molecule has 1 unspecified atom stereocenters. The number of benzene rings is 5. The molecule has 50 heavy (non-hydrogen) atoms. The van der Waals surface area contributed by atoms with Crippen LogP contribution in [-0.2, 0) is 15.8 Å². The zero-order valence-corrected chi connectivity index (χ0v) is 27.9. The van der Waals surface area contributed by atoms with Gasteiger partial charge in [-0.15, -0.1) is 11.8 Å². The predicted octanol–water partition coefficient (Wildman–Crippen LogP) is 10.0. The Morgan fingerprint density at radius 3 is 2.10 bits per heavy atom. The highest BCUT2D eigenvalue weighted by atomic mass is 35.5. The number of amides is 3. The van der Waals surface area contributed by atoms with Crippen LogP contribution in [0.3, 0.4) is 0 Å². The van der Waals surface area contributed by atoms with E-state index in [2.05, 4.69) is 16.0 Å². The van der Waals surface area contributed by atoms with Crippen molar-refractivity contribution in [1.29, 1.82) is 0 Å². The maximum atomic E-state index is 14.7. The summed E-state index contributed by atoms with van der Waals surface area (Å²) < 4.78 is 54.8. The van der Waals surface area contributed by atoms with Crippen molar-refractivity contribution in [2.24, 2.45) is 0 Å². The lowest BCUT2D eigenvalue weighted by molar-refractivity contribution is -0.137. The van der Waals surface area contributed by atoms with Crippen molar-refractivity contribution in [2.75, 3.05) is 10.6 Å². The van der Waals surface area contributed by atoms with Crippen LogP contribution < -0.4 is 16.0 Å². The molecule has 3 amide bonds. The summed E-state index contributed by atoms with van der Waals surface area (Å²) in [4.78, 5) is 40.7. The van der Waals surface area contributed by atoms with Crippen molar-refractivity contribution in [1.82, 2.24) is 5.32 Å². The zero-order valence-electron chi connectivity index (χ0n) is 25.6. The molecule has 0 fully saturated rings. The first-order valence-corrected chi connectivity index (χ1v) is 16.4. The van der Waals surface area contributed by atoms with E-state index >= 15 is 0 Å². The van der Waals surface area contributed by atoms with E-state index in [1.165, 1.54) is 12.1 Å². The molecule has 5 aromatic carbocycles. The third-order valence-electron chi connectivity index (χ3n) is 7.06. The second-order valence-corrected chi connectivity index (χ2v) is 12.6. The van der Waals surface area contributed by atoms with Gasteiger partial charge < -0.3 is 16.0 Å². The summed E-state index contributed by atoms with van der Waals surface area (Å²) in [7, 11) is 0. The average Bonchev–Trinajstić information content (AvgIpc) is 3.09. The number of halogens is 6. The molecule has 0 saturated carbocycles. The molecule has 254 valence electrons. The molecule has 0 aromatic heterocycles. The summed E-state index contributed by atoms with van der Waals surface area (Å²) in [6.45, 7) is 0. The van der Waals surface area contributed by atoms with Crippen molar-refractivity contribution < 1.29 is 31.9 Å². The molecular formula is C37H25Cl2F4N3O3S. The molecular weight excluding hydrogens is 713 g/mol. The first-order chi connectivity index (χ1) is 23.9. The minimum atomic E-state index is -4.65. The number of anilines is 2. The number of nitrogens with one attached hydrogen (secondary N) is 3. The Balaban J connectivity index is 1.41. The van der Waals surface area contributed by atoms with Gasteiger partial charge in [-0.2, -0.15) is 13.2 Å². The van der Waals surface area contributed by atoms with Gasteiger partial charge in [0, 0.05) is 21.7 Å². The second kappa shape index (κ2) is 16.1. The fourth-order valence-electron chi connectivity index (χ4n) is 4.61. The van der Waals surface area contributed by atoms with Gasteiger partial charge in [0.15, 0.2) is 0 Å². The highest BCUT2D eigenvalue weighted by Crippen LogP contribution is 2.39. The Morgan fingerprint density at radius 1 is 0.740 bits per heavy atom. The minimum absolute atomic E-state index is 0.0132. The molecule has 5 aromatic rings. The normalized spacial score (nSPS) is 12.2. The average molecular weight is 739 g/mol. The third kappa shape index (κ3) is 9.32. The van der Waals surface area contributed by atoms with E-state index in [4.69, 9.17) is 23.2 Å². The number of carbonyl (C=O) groups excluding carboxylic acids is 3. The van der Waals surface area contributed by atoms with Crippen LogP contribution in [0.25, 0.3) is 6.08 Å². The minimum Gasteiger partial charge on any atom is -0.323 e. The van der Waals surface area contributed by atoms with Crippen molar-refractivity contribution >= 4 is 70.1 Å². The Kier molecular flexibility index (Phi) is 11.6. The van der Waals surface area contributed by atoms with Crippen molar-refractivity contribution in [2.45, 2.75) is 16.3 Å². The van der Waals surface area contributed by atoms with Gasteiger partial charge >= 0.3 is 6.18 Å². The van der Waals surface area contributed by atoms with Crippen LogP contribution in [0.4, 0.5) is 28.9 Å². The summed E-state index contributed by atoms with van der Waals surface area (Å²) in [6, 6.07) is 29.7. The van der Waals surface area contributed by atoms with Crippen LogP contribution in [0, 0.1) is 5.82 Å². The van der Waals surface area contributed by atoms with Gasteiger partial charge in [0.25, 0.3) is 11.8 Å². The van der Waals surface area contributed by atoms with Crippen LogP contribution in [0.2, 0.25) is 10.0 Å². The lowest BCUT2D eigenvalue weighted by atomic mass is 10.1. The van der Waals surface area contributed by atoms with Crippen molar-refractivity contribution in [3.8, 4) is 0 Å². The lowest BCUT2D eigenvalue weighted by Crippen LogP contribution is -2.30. The van der Waals surface area contributed by atoms with Gasteiger partial charge in [0.1, 0.15) is 16.8 Å². The number of thioether (sulfide) groups is 1. The molecule has 0 radical (unpaired) electrons. The van der Waals surface area contributed by atoms with Crippen LogP contribution >= 0.6 is 35.0 Å². The lowest BCUT2D eigenvalue weighted by Gasteiger charge is -2.19. The van der Waals surface area contributed by atoms with Crippen LogP contribution in [0.5, 0.6) is 0 Å². The highest BCUT2D eigenvalue weighted by molar-refractivity contribution is 8.00. The van der Waals surface area contributed by atoms with E-state index in [9.17, 15) is 31.9 Å². The van der Waals surface area contributed by atoms with Crippen LogP contribution in [0.1, 0.15) is 32.3 Å². The molecule has 0 heterocycles. The first kappa shape index (κ1) is 36.2. The van der Waals surface area contributed by atoms with E-state index in [0.717, 1.165) is 42.1 Å². The number of carbonyl (C=O) groups is 3. The van der Waals surface area contributed by atoms with Gasteiger partial charge in [-0.3, -0.25) is 14.4 Å². The fraction of sp³-hybridized carbons (Fsp3) is 0.0541. The number of hydrogen-bond acceptors (Lipinski definition) is 4. The van der Waals surface area contributed by atoms with Crippen LogP contribution in [0.15, 0.2) is 132 Å². The highest BCUT2D eigenvalue weighted by Gasteiger charge is 2.32. The van der Waals surface area contributed by atoms with E-state index < -0.39 is 40.5 Å². The molecule has 0 spiro atoms. The molecule has 0 aliphatic heterocycles. The van der Waals surface area contributed by atoms with Gasteiger partial charge in [0.2, 0.25) is 5.91 Å². The maximum Gasteiger partial charge on any atom is 0.416 e. The summed E-state index contributed by atoms with van der Waals surface area (Å²) >= 11 is 13.4. The smallest absolute Gasteiger partial charge is 0.323 e. The van der Waals surface area contributed by atoms with Crippen molar-refractivity contribution in [3.05, 3.63) is 165 Å². The van der Waals surface area contributed by atoms with Gasteiger partial charge in [-0.05, 0) is 72.3 Å². The molecule has 3 N–H and O–H groups in total. The standard InChI is InChI=1S/C37H25Cl2F4N3O3S/c38-28-15-8-16-30(40)27(28)21-32(46-34(47)23-11-5-2-6-12-23)35(48)44-25-13-7-14-26(20-25)50-33(22-9-3-1-4-10-22)36(49)45-31-19-24(37(41,42)43)17-18-29(31)39/h1-21,33H,(H,44,48)(H,45,49)(H,46,47)/b32-21+. The zero-order chi connectivity index (χ0) is 35.8. The third-order valence-corrected chi connectivity index (χ3v) is 8.96. The monoisotopic (exact) mass is 737 g/mol. The fourth-order valence-corrected chi connectivity index (χ4v) is 6.08. The molecule has 6 nitrogen and oxygen atoms in total. The van der Waals surface area contributed by atoms with E-state index in [0.29, 0.717) is 10.5 Å². The van der Waals surface area contributed by atoms with E-state index in [1.807, 2.05) is 0 Å². The van der Waals surface area contributed by atoms with Crippen LogP contribution in [-0.4, -0.2) is 17.7 Å². The molecule has 5 rings (SSSR count). The largest absolute Gasteiger partial charge is 0.416 e. The summed E-state index contributed by atoms with van der Waals surface area (Å²) in [5, 5.41) is 6.70. The topological polar surface area (TPSA) is 87.3 Å². The maximum absolute atomic E-state index is 14.7. The number of alkyl halides is 3. The number of hydrogen-bond donors (Lipinski definition) is 3. The summed E-state index contributed by atoms with van der Waals surface area (Å²) in [5.74, 6) is -2.78. The second-order valence-electron chi connectivity index (χ2n) is 10.6. The quantitative estimate of drug-likeness (QED) is 0.0757. The Hall–Kier alpha value is -5.10.